The molecule has 0 saturated heterocycles. The molecule has 1 heterocycles. The Morgan fingerprint density at radius 1 is 1.28 bits per heavy atom. The van der Waals surface area contributed by atoms with Crippen molar-refractivity contribution in [3.8, 4) is 11.5 Å². The van der Waals surface area contributed by atoms with Crippen molar-refractivity contribution in [3.05, 3.63) is 34.1 Å². The second-order valence-corrected chi connectivity index (χ2v) is 3.92. The highest BCUT2D eigenvalue weighted by molar-refractivity contribution is 5.97. The Bertz CT molecular complexity index is 703. The summed E-state index contributed by atoms with van der Waals surface area (Å²) in [4.78, 5) is 23.6. The molecular formula is C12H12N2O4. The maximum Gasteiger partial charge on any atom is 0.256 e. The highest BCUT2D eigenvalue weighted by Gasteiger charge is 2.15. The van der Waals surface area contributed by atoms with Crippen molar-refractivity contribution in [1.29, 1.82) is 0 Å². The number of aromatic nitrogens is 1. The topological polar surface area (TPSA) is 91.6 Å². The number of nitrogens with zero attached hydrogens (tertiary/aromatic N) is 1. The van der Waals surface area contributed by atoms with Crippen LogP contribution in [0.1, 0.15) is 10.4 Å². The van der Waals surface area contributed by atoms with Gasteiger partial charge in [0.1, 0.15) is 5.56 Å². The van der Waals surface area contributed by atoms with E-state index in [1.807, 2.05) is 0 Å². The molecular weight excluding hydrogens is 236 g/mol. The predicted octanol–water partition coefficient (Wildman–Crippen LogP) is 0.309. The van der Waals surface area contributed by atoms with Gasteiger partial charge in [-0.25, -0.2) is 0 Å². The van der Waals surface area contributed by atoms with Gasteiger partial charge in [-0.1, -0.05) is 0 Å². The number of carbonyl (C=O) groups excluding carboxylic acids is 1. The van der Waals surface area contributed by atoms with E-state index in [2.05, 4.69) is 5.32 Å². The number of rotatable bonds is 1. The van der Waals surface area contributed by atoms with Crippen LogP contribution in [0.2, 0.25) is 0 Å². The van der Waals surface area contributed by atoms with Crippen molar-refractivity contribution in [2.24, 2.45) is 7.05 Å². The molecule has 1 aromatic heterocycles. The molecule has 0 atom stereocenters. The molecule has 94 valence electrons. The number of pyridine rings is 1. The number of aromatic hydroxyl groups is 2. The van der Waals surface area contributed by atoms with Crippen LogP contribution in [-0.2, 0) is 7.05 Å². The van der Waals surface area contributed by atoms with Crippen LogP contribution in [0.5, 0.6) is 11.5 Å². The SMILES string of the molecule is CNC(=O)c1cn(C)c2cc(O)c(O)cc2c1=O. The number of fused-ring (bicyclic) bond motifs is 1. The van der Waals surface area contributed by atoms with Gasteiger partial charge >= 0.3 is 0 Å². The first kappa shape index (κ1) is 12.0. The van der Waals surface area contributed by atoms with E-state index in [0.717, 1.165) is 6.07 Å². The number of hydrogen-bond acceptors (Lipinski definition) is 4. The lowest BCUT2D eigenvalue weighted by molar-refractivity contribution is 0.0961. The minimum atomic E-state index is -0.495. The van der Waals surface area contributed by atoms with E-state index in [1.165, 1.54) is 19.3 Å². The zero-order chi connectivity index (χ0) is 13.4. The minimum absolute atomic E-state index is 0.0161. The predicted molar refractivity (Wildman–Crippen MR) is 65.9 cm³/mol. The Labute approximate surface area is 102 Å². The van der Waals surface area contributed by atoms with Crippen LogP contribution in [0.15, 0.2) is 23.1 Å². The quantitative estimate of drug-likeness (QED) is 0.633. The number of hydrogen-bond donors (Lipinski definition) is 3. The molecule has 0 saturated carbocycles. The Morgan fingerprint density at radius 3 is 2.50 bits per heavy atom. The monoisotopic (exact) mass is 248 g/mol. The van der Waals surface area contributed by atoms with Gasteiger partial charge in [0, 0.05) is 26.4 Å². The Morgan fingerprint density at radius 2 is 1.89 bits per heavy atom. The van der Waals surface area contributed by atoms with Crippen molar-refractivity contribution in [3.63, 3.8) is 0 Å². The molecule has 0 spiro atoms. The van der Waals surface area contributed by atoms with Crippen LogP contribution in [0.4, 0.5) is 0 Å². The molecule has 18 heavy (non-hydrogen) atoms. The maximum atomic E-state index is 12.1. The van der Waals surface area contributed by atoms with Crippen LogP contribution >= 0.6 is 0 Å². The van der Waals surface area contributed by atoms with E-state index < -0.39 is 17.1 Å². The average molecular weight is 248 g/mol. The molecule has 0 fully saturated rings. The number of aryl methyl sites for hydroxylation is 1. The summed E-state index contributed by atoms with van der Waals surface area (Å²) in [5.41, 5.74) is -0.0710. The van der Waals surface area contributed by atoms with Gasteiger partial charge in [-0.15, -0.1) is 0 Å². The highest BCUT2D eigenvalue weighted by Crippen LogP contribution is 2.28. The normalized spacial score (nSPS) is 10.6. The molecule has 1 amide bonds. The van der Waals surface area contributed by atoms with Gasteiger partial charge in [0.25, 0.3) is 5.91 Å². The summed E-state index contributed by atoms with van der Waals surface area (Å²) in [6, 6.07) is 2.43. The van der Waals surface area contributed by atoms with Crippen molar-refractivity contribution < 1.29 is 15.0 Å². The van der Waals surface area contributed by atoms with Crippen molar-refractivity contribution in [2.75, 3.05) is 7.05 Å². The second kappa shape index (κ2) is 4.06. The van der Waals surface area contributed by atoms with E-state index in [1.54, 1.807) is 11.6 Å². The first-order valence-electron chi connectivity index (χ1n) is 5.23. The van der Waals surface area contributed by atoms with Crippen molar-refractivity contribution in [2.45, 2.75) is 0 Å². The lowest BCUT2D eigenvalue weighted by Crippen LogP contribution is -2.26. The number of carbonyl (C=O) groups is 1. The molecule has 6 heteroatoms. The molecule has 0 aliphatic rings. The number of phenolic OH excluding ortho intramolecular Hbond substituents is 2. The molecule has 6 nitrogen and oxygen atoms in total. The summed E-state index contributed by atoms with van der Waals surface area (Å²) < 4.78 is 1.54. The van der Waals surface area contributed by atoms with Gasteiger partial charge < -0.3 is 20.1 Å². The minimum Gasteiger partial charge on any atom is -0.504 e. The van der Waals surface area contributed by atoms with Gasteiger partial charge in [0.05, 0.1) is 10.9 Å². The molecule has 2 rings (SSSR count). The smallest absolute Gasteiger partial charge is 0.256 e. The molecule has 2 aromatic rings. The number of nitrogens with one attached hydrogen (secondary N) is 1. The summed E-state index contributed by atoms with van der Waals surface area (Å²) in [6.45, 7) is 0. The van der Waals surface area contributed by atoms with Crippen LogP contribution in [-0.4, -0.2) is 27.7 Å². The van der Waals surface area contributed by atoms with E-state index in [4.69, 9.17) is 0 Å². The van der Waals surface area contributed by atoms with Crippen LogP contribution in [0.25, 0.3) is 10.9 Å². The Kier molecular flexibility index (Phi) is 2.70. The molecule has 0 aliphatic carbocycles. The van der Waals surface area contributed by atoms with E-state index in [9.17, 15) is 19.8 Å². The lowest BCUT2D eigenvalue weighted by atomic mass is 10.1. The summed E-state index contributed by atoms with van der Waals surface area (Å²) in [5, 5.41) is 21.4. The first-order valence-corrected chi connectivity index (χ1v) is 5.23. The third-order valence-corrected chi connectivity index (χ3v) is 2.76. The summed E-state index contributed by atoms with van der Waals surface area (Å²) >= 11 is 0. The van der Waals surface area contributed by atoms with Crippen LogP contribution < -0.4 is 10.7 Å². The van der Waals surface area contributed by atoms with Crippen molar-refractivity contribution >= 4 is 16.8 Å². The van der Waals surface area contributed by atoms with Gasteiger partial charge in [-0.05, 0) is 6.07 Å². The third kappa shape index (κ3) is 1.67. The zero-order valence-electron chi connectivity index (χ0n) is 9.89. The molecule has 0 radical (unpaired) electrons. The van der Waals surface area contributed by atoms with Gasteiger partial charge in [0.15, 0.2) is 11.5 Å². The maximum absolute atomic E-state index is 12.1. The fraction of sp³-hybridized carbons (Fsp3) is 0.167. The first-order chi connectivity index (χ1) is 8.45. The largest absolute Gasteiger partial charge is 0.504 e. The third-order valence-electron chi connectivity index (χ3n) is 2.76. The zero-order valence-corrected chi connectivity index (χ0v) is 9.89. The van der Waals surface area contributed by atoms with Gasteiger partial charge in [0.2, 0.25) is 5.43 Å². The molecule has 1 aromatic carbocycles. The standard InChI is InChI=1S/C12H12N2O4/c1-13-12(18)7-5-14(2)8-4-10(16)9(15)3-6(8)11(7)17/h3-5,15-16H,1-2H3,(H,13,18). The highest BCUT2D eigenvalue weighted by atomic mass is 16.3. The molecule has 0 bridgehead atoms. The molecule has 0 aliphatic heterocycles. The van der Waals surface area contributed by atoms with E-state index in [-0.39, 0.29) is 16.7 Å². The van der Waals surface area contributed by atoms with Gasteiger partial charge in [-0.3, -0.25) is 9.59 Å². The second-order valence-electron chi connectivity index (χ2n) is 3.92. The fourth-order valence-electron chi connectivity index (χ4n) is 1.80. The number of amides is 1. The summed E-state index contributed by atoms with van der Waals surface area (Å²) in [5.74, 6) is -1.20. The summed E-state index contributed by atoms with van der Waals surface area (Å²) in [7, 11) is 3.07. The Balaban J connectivity index is 2.90. The number of benzene rings is 1. The van der Waals surface area contributed by atoms with Crippen LogP contribution in [0.3, 0.4) is 0 Å². The average Bonchev–Trinajstić information content (AvgIpc) is 2.35. The fourth-order valence-corrected chi connectivity index (χ4v) is 1.80. The molecule has 0 unspecified atom stereocenters. The Hall–Kier alpha value is -2.50. The lowest BCUT2D eigenvalue weighted by Gasteiger charge is -2.09. The van der Waals surface area contributed by atoms with Crippen molar-refractivity contribution in [1.82, 2.24) is 9.88 Å². The molecule has 3 N–H and O–H groups in total. The van der Waals surface area contributed by atoms with E-state index in [0.29, 0.717) is 5.52 Å². The number of phenols is 2. The van der Waals surface area contributed by atoms with E-state index >= 15 is 0 Å². The summed E-state index contributed by atoms with van der Waals surface area (Å²) in [6.07, 6.45) is 1.39. The van der Waals surface area contributed by atoms with Crippen LogP contribution in [0, 0.1) is 0 Å². The van der Waals surface area contributed by atoms with Gasteiger partial charge in [-0.2, -0.15) is 0 Å².